The molecule has 2 heterocycles. The van der Waals surface area contributed by atoms with Gasteiger partial charge in [-0.3, -0.25) is 9.59 Å². The Hall–Kier alpha value is -3.41. The van der Waals surface area contributed by atoms with Crippen LogP contribution in [0.2, 0.25) is 0 Å². The lowest BCUT2D eigenvalue weighted by atomic mass is 9.95. The van der Waals surface area contributed by atoms with Crippen molar-refractivity contribution in [3.8, 4) is 11.6 Å². The predicted molar refractivity (Wildman–Crippen MR) is 130 cm³/mol. The molecular weight excluding hydrogens is 416 g/mol. The maximum absolute atomic E-state index is 13.4. The second-order valence-electron chi connectivity index (χ2n) is 8.47. The molecule has 0 saturated carbocycles. The van der Waals surface area contributed by atoms with Crippen LogP contribution in [0.5, 0.6) is 11.6 Å². The van der Waals surface area contributed by atoms with E-state index in [1.165, 1.54) is 0 Å². The highest BCUT2D eigenvalue weighted by Gasteiger charge is 2.28. The van der Waals surface area contributed by atoms with E-state index in [2.05, 4.69) is 4.98 Å². The number of carbonyl (C=O) groups excluding carboxylic acids is 2. The standard InChI is InChI=1S/C27H32N2O4/c1-19(2)26-21(10-8-16-29(27(26)32)23-12-6-7-13-24(23)31)18-22(30)11-5-4-9-20-14-15-28-25(17-20)33-3/h6-7,12-15,17-18,31H,4-5,8-11,16H2,1-3H3/b21-18-. The van der Waals surface area contributed by atoms with Crippen LogP contribution in [-0.4, -0.2) is 35.4 Å². The number of aryl methyl sites for hydroxylation is 1. The number of methoxy groups -OCH3 is 1. The molecule has 1 N–H and O–H groups in total. The van der Waals surface area contributed by atoms with Crippen LogP contribution in [0.1, 0.15) is 51.5 Å². The van der Waals surface area contributed by atoms with Gasteiger partial charge in [0.1, 0.15) is 5.75 Å². The largest absolute Gasteiger partial charge is 0.506 e. The number of anilines is 1. The summed E-state index contributed by atoms with van der Waals surface area (Å²) in [6.07, 6.45) is 7.72. The maximum Gasteiger partial charge on any atom is 0.258 e. The van der Waals surface area contributed by atoms with Gasteiger partial charge in [0.15, 0.2) is 5.78 Å². The van der Waals surface area contributed by atoms with Crippen LogP contribution < -0.4 is 9.64 Å². The van der Waals surface area contributed by atoms with E-state index in [1.807, 2.05) is 26.0 Å². The summed E-state index contributed by atoms with van der Waals surface area (Å²) >= 11 is 0. The van der Waals surface area contributed by atoms with Crippen molar-refractivity contribution in [1.29, 1.82) is 0 Å². The summed E-state index contributed by atoms with van der Waals surface area (Å²) in [7, 11) is 1.60. The molecule has 1 saturated heterocycles. The van der Waals surface area contributed by atoms with Gasteiger partial charge in [-0.25, -0.2) is 4.98 Å². The van der Waals surface area contributed by atoms with E-state index in [0.29, 0.717) is 36.5 Å². The smallest absolute Gasteiger partial charge is 0.258 e. The number of aromatic hydroxyl groups is 1. The highest BCUT2D eigenvalue weighted by atomic mass is 16.5. The number of hydrogen-bond donors (Lipinski definition) is 1. The summed E-state index contributed by atoms with van der Waals surface area (Å²) < 4.78 is 5.15. The van der Waals surface area contributed by atoms with Crippen LogP contribution >= 0.6 is 0 Å². The highest BCUT2D eigenvalue weighted by Crippen LogP contribution is 2.33. The first-order valence-corrected chi connectivity index (χ1v) is 11.4. The quantitative estimate of drug-likeness (QED) is 0.445. The van der Waals surface area contributed by atoms with Gasteiger partial charge in [0.2, 0.25) is 5.88 Å². The van der Waals surface area contributed by atoms with E-state index >= 15 is 0 Å². The summed E-state index contributed by atoms with van der Waals surface area (Å²) in [6.45, 7) is 4.28. The lowest BCUT2D eigenvalue weighted by Crippen LogP contribution is -2.32. The summed E-state index contributed by atoms with van der Waals surface area (Å²) in [5.41, 5.74) is 3.88. The molecule has 174 valence electrons. The van der Waals surface area contributed by atoms with Gasteiger partial charge >= 0.3 is 0 Å². The first-order chi connectivity index (χ1) is 15.9. The molecule has 0 unspecified atom stereocenters. The van der Waals surface area contributed by atoms with Crippen LogP contribution in [0.15, 0.2) is 65.4 Å². The first kappa shape index (κ1) is 24.2. The lowest BCUT2D eigenvalue weighted by molar-refractivity contribution is -0.115. The van der Waals surface area contributed by atoms with E-state index in [9.17, 15) is 14.7 Å². The number of carbonyl (C=O) groups is 2. The zero-order valence-corrected chi connectivity index (χ0v) is 19.6. The number of para-hydroxylation sites is 2. The Bertz CT molecular complexity index is 1070. The Morgan fingerprint density at radius 2 is 2.00 bits per heavy atom. The summed E-state index contributed by atoms with van der Waals surface area (Å²) in [6, 6.07) is 10.7. The average molecular weight is 449 g/mol. The number of nitrogens with zero attached hydrogens (tertiary/aromatic N) is 2. The molecular formula is C27H32N2O4. The molecule has 0 atom stereocenters. The number of allylic oxidation sites excluding steroid dienone is 2. The van der Waals surface area contributed by atoms with Crippen LogP contribution in [-0.2, 0) is 16.0 Å². The van der Waals surface area contributed by atoms with E-state index in [4.69, 9.17) is 4.74 Å². The molecule has 6 nitrogen and oxygen atoms in total. The second kappa shape index (κ2) is 11.5. The van der Waals surface area contributed by atoms with Gasteiger partial charge in [0.05, 0.1) is 12.8 Å². The van der Waals surface area contributed by atoms with Crippen molar-refractivity contribution in [3.05, 3.63) is 71.0 Å². The Balaban J connectivity index is 1.66. The van der Waals surface area contributed by atoms with Crippen molar-refractivity contribution in [3.63, 3.8) is 0 Å². The van der Waals surface area contributed by atoms with Crippen molar-refractivity contribution in [2.24, 2.45) is 0 Å². The summed E-state index contributed by atoms with van der Waals surface area (Å²) in [4.78, 5) is 31.8. The topological polar surface area (TPSA) is 79.7 Å². The van der Waals surface area contributed by atoms with E-state index < -0.39 is 0 Å². The van der Waals surface area contributed by atoms with Crippen LogP contribution in [0.25, 0.3) is 0 Å². The van der Waals surface area contributed by atoms with Crippen molar-refractivity contribution >= 4 is 17.4 Å². The zero-order chi connectivity index (χ0) is 23.8. The van der Waals surface area contributed by atoms with E-state index in [-0.39, 0.29) is 17.4 Å². The zero-order valence-electron chi connectivity index (χ0n) is 19.6. The fraction of sp³-hybridized carbons (Fsp3) is 0.370. The van der Waals surface area contributed by atoms with Crippen molar-refractivity contribution in [2.45, 2.75) is 52.4 Å². The Morgan fingerprint density at radius 1 is 1.21 bits per heavy atom. The molecule has 1 fully saturated rings. The van der Waals surface area contributed by atoms with Crippen molar-refractivity contribution < 1.29 is 19.4 Å². The van der Waals surface area contributed by atoms with Crippen LogP contribution in [0.4, 0.5) is 5.69 Å². The molecule has 1 aliphatic rings. The highest BCUT2D eigenvalue weighted by molar-refractivity contribution is 6.11. The molecule has 1 aromatic heterocycles. The van der Waals surface area contributed by atoms with Gasteiger partial charge in [0.25, 0.3) is 5.91 Å². The number of aromatic nitrogens is 1. The summed E-state index contributed by atoms with van der Waals surface area (Å²) in [5.74, 6) is 0.548. The average Bonchev–Trinajstić information content (AvgIpc) is 2.95. The van der Waals surface area contributed by atoms with Crippen molar-refractivity contribution in [1.82, 2.24) is 4.98 Å². The Labute approximate surface area is 195 Å². The molecule has 0 radical (unpaired) electrons. The molecule has 2 aromatic rings. The number of hydrogen-bond acceptors (Lipinski definition) is 5. The van der Waals surface area contributed by atoms with Gasteiger partial charge in [-0.05, 0) is 81.4 Å². The molecule has 1 aromatic carbocycles. The minimum absolute atomic E-state index is 0.0415. The molecule has 0 aliphatic carbocycles. The minimum atomic E-state index is -0.167. The molecule has 3 rings (SSSR count). The molecule has 6 heteroatoms. The third kappa shape index (κ3) is 6.31. The number of ketones is 1. The van der Waals surface area contributed by atoms with Gasteiger partial charge in [-0.15, -0.1) is 0 Å². The SMILES string of the molecule is COc1cc(CCCCC(=O)/C=C2/CCCN(c3ccccc3O)C(=O)C2=C(C)C)ccn1. The predicted octanol–water partition coefficient (Wildman–Crippen LogP) is 5.17. The monoisotopic (exact) mass is 448 g/mol. The number of phenolic OH excluding ortho intramolecular Hbond substituents is 1. The fourth-order valence-electron chi connectivity index (χ4n) is 4.14. The van der Waals surface area contributed by atoms with E-state index in [1.54, 1.807) is 48.5 Å². The molecule has 0 bridgehead atoms. The number of phenols is 1. The van der Waals surface area contributed by atoms with Crippen LogP contribution in [0, 0.1) is 0 Å². The fourth-order valence-corrected chi connectivity index (χ4v) is 4.14. The third-order valence-electron chi connectivity index (χ3n) is 5.76. The third-order valence-corrected chi connectivity index (χ3v) is 5.76. The number of ether oxygens (including phenoxy) is 1. The summed E-state index contributed by atoms with van der Waals surface area (Å²) in [5, 5.41) is 10.3. The van der Waals surface area contributed by atoms with Gasteiger partial charge < -0.3 is 14.7 Å². The Kier molecular flexibility index (Phi) is 8.41. The number of unbranched alkanes of at least 4 members (excludes halogenated alkanes) is 1. The number of amides is 1. The van der Waals surface area contributed by atoms with Crippen LogP contribution in [0.3, 0.4) is 0 Å². The second-order valence-corrected chi connectivity index (χ2v) is 8.47. The van der Waals surface area contributed by atoms with E-state index in [0.717, 1.165) is 42.4 Å². The molecule has 1 aliphatic heterocycles. The lowest BCUT2D eigenvalue weighted by Gasteiger charge is -2.23. The minimum Gasteiger partial charge on any atom is -0.506 e. The molecule has 33 heavy (non-hydrogen) atoms. The number of rotatable bonds is 8. The molecule has 0 spiro atoms. The Morgan fingerprint density at radius 3 is 2.73 bits per heavy atom. The van der Waals surface area contributed by atoms with Gasteiger partial charge in [0, 0.05) is 30.8 Å². The number of benzene rings is 1. The molecule has 1 amide bonds. The van der Waals surface area contributed by atoms with Gasteiger partial charge in [-0.2, -0.15) is 0 Å². The number of pyridine rings is 1. The van der Waals surface area contributed by atoms with Gasteiger partial charge in [-0.1, -0.05) is 17.7 Å². The van der Waals surface area contributed by atoms with Crippen molar-refractivity contribution in [2.75, 3.05) is 18.6 Å². The first-order valence-electron chi connectivity index (χ1n) is 11.4. The normalized spacial score (nSPS) is 15.5. The maximum atomic E-state index is 13.4.